The highest BCUT2D eigenvalue weighted by molar-refractivity contribution is 6.17. The lowest BCUT2D eigenvalue weighted by molar-refractivity contribution is -0.129. The van der Waals surface area contributed by atoms with Gasteiger partial charge in [0.25, 0.3) is 0 Å². The number of carbonyl (C=O) groups is 1. The first-order valence-corrected chi connectivity index (χ1v) is 4.78. The molecule has 1 unspecified atom stereocenters. The third kappa shape index (κ3) is 4.60. The highest BCUT2D eigenvalue weighted by Crippen LogP contribution is 2.13. The molecule has 72 valence electrons. The van der Waals surface area contributed by atoms with Gasteiger partial charge in [0.1, 0.15) is 0 Å². The van der Waals surface area contributed by atoms with E-state index < -0.39 is 0 Å². The number of alkyl halides is 1. The zero-order valence-electron chi connectivity index (χ0n) is 8.28. The molecule has 0 saturated carbocycles. The van der Waals surface area contributed by atoms with Gasteiger partial charge in [0, 0.05) is 17.3 Å². The second-order valence-corrected chi connectivity index (χ2v) is 4.48. The largest absolute Gasteiger partial charge is 0.353 e. The van der Waals surface area contributed by atoms with E-state index in [4.69, 9.17) is 11.6 Å². The molecule has 0 aliphatic rings. The first-order chi connectivity index (χ1) is 5.38. The van der Waals surface area contributed by atoms with Crippen molar-refractivity contribution in [3.05, 3.63) is 0 Å². The molecule has 0 bridgehead atoms. The van der Waals surface area contributed by atoms with E-state index in [9.17, 15) is 4.79 Å². The van der Waals surface area contributed by atoms with E-state index in [0.717, 1.165) is 6.42 Å². The minimum Gasteiger partial charge on any atom is -0.353 e. The van der Waals surface area contributed by atoms with Crippen LogP contribution in [0.5, 0.6) is 0 Å². The summed E-state index contributed by atoms with van der Waals surface area (Å²) in [4.78, 5) is 11.4. The van der Waals surface area contributed by atoms with Crippen LogP contribution in [0.15, 0.2) is 0 Å². The van der Waals surface area contributed by atoms with Crippen LogP contribution in [0.3, 0.4) is 0 Å². The zero-order valence-corrected chi connectivity index (χ0v) is 9.03. The van der Waals surface area contributed by atoms with Gasteiger partial charge in [-0.25, -0.2) is 0 Å². The average Bonchev–Trinajstić information content (AvgIpc) is 1.85. The molecule has 2 nitrogen and oxygen atoms in total. The summed E-state index contributed by atoms with van der Waals surface area (Å²) in [7, 11) is 0. The lowest BCUT2D eigenvalue weighted by atomic mass is 9.95. The summed E-state index contributed by atoms with van der Waals surface area (Å²) < 4.78 is 0. The number of nitrogens with one attached hydrogen (secondary N) is 1. The quantitative estimate of drug-likeness (QED) is 0.681. The van der Waals surface area contributed by atoms with Crippen LogP contribution in [0, 0.1) is 5.41 Å². The van der Waals surface area contributed by atoms with Crippen molar-refractivity contribution < 1.29 is 4.79 Å². The van der Waals surface area contributed by atoms with Crippen LogP contribution >= 0.6 is 11.6 Å². The Bertz CT molecular complexity index is 151. The monoisotopic (exact) mass is 191 g/mol. The molecule has 0 rings (SSSR count). The Balaban J connectivity index is 3.85. The molecule has 1 N–H and O–H groups in total. The molecule has 0 fully saturated rings. The number of hydrogen-bond acceptors (Lipinski definition) is 1. The standard InChI is InChI=1S/C9H18ClNO/c1-7(5-6-10)11-8(12)9(2,3)4/h7H,5-6H2,1-4H3,(H,11,12). The van der Waals surface area contributed by atoms with Crippen molar-refractivity contribution >= 4 is 17.5 Å². The highest BCUT2D eigenvalue weighted by Gasteiger charge is 2.21. The van der Waals surface area contributed by atoms with Crippen molar-refractivity contribution in [2.75, 3.05) is 5.88 Å². The van der Waals surface area contributed by atoms with Gasteiger partial charge >= 0.3 is 0 Å². The molecule has 1 amide bonds. The van der Waals surface area contributed by atoms with E-state index in [2.05, 4.69) is 5.32 Å². The van der Waals surface area contributed by atoms with Crippen molar-refractivity contribution in [1.29, 1.82) is 0 Å². The van der Waals surface area contributed by atoms with Gasteiger partial charge in [-0.2, -0.15) is 0 Å². The molecule has 0 radical (unpaired) electrons. The third-order valence-corrected chi connectivity index (χ3v) is 1.82. The Morgan fingerprint density at radius 2 is 2.00 bits per heavy atom. The Morgan fingerprint density at radius 3 is 2.33 bits per heavy atom. The van der Waals surface area contributed by atoms with Crippen molar-refractivity contribution in [2.45, 2.75) is 40.2 Å². The van der Waals surface area contributed by atoms with E-state index >= 15 is 0 Å². The van der Waals surface area contributed by atoms with Crippen molar-refractivity contribution in [3.63, 3.8) is 0 Å². The maximum Gasteiger partial charge on any atom is 0.225 e. The average molecular weight is 192 g/mol. The predicted octanol–water partition coefficient (Wildman–Crippen LogP) is 2.17. The molecule has 0 aromatic heterocycles. The first kappa shape index (κ1) is 11.8. The molecule has 3 heteroatoms. The van der Waals surface area contributed by atoms with Crippen LogP contribution in [0.4, 0.5) is 0 Å². The van der Waals surface area contributed by atoms with Crippen molar-refractivity contribution in [1.82, 2.24) is 5.32 Å². The molecular formula is C9H18ClNO. The van der Waals surface area contributed by atoms with Gasteiger partial charge in [-0.1, -0.05) is 20.8 Å². The molecule has 0 aromatic rings. The fourth-order valence-electron chi connectivity index (χ4n) is 0.676. The number of hydrogen-bond donors (Lipinski definition) is 1. The normalized spacial score (nSPS) is 14.1. The maximum atomic E-state index is 11.4. The van der Waals surface area contributed by atoms with Crippen LogP contribution in [0.2, 0.25) is 0 Å². The van der Waals surface area contributed by atoms with Gasteiger partial charge in [-0.15, -0.1) is 11.6 Å². The topological polar surface area (TPSA) is 29.1 Å². The van der Waals surface area contributed by atoms with Crippen LogP contribution in [0.25, 0.3) is 0 Å². The summed E-state index contributed by atoms with van der Waals surface area (Å²) in [6.45, 7) is 7.66. The lowest BCUT2D eigenvalue weighted by Crippen LogP contribution is -2.40. The molecular weight excluding hydrogens is 174 g/mol. The zero-order chi connectivity index (χ0) is 9.78. The summed E-state index contributed by atoms with van der Waals surface area (Å²) in [5.41, 5.74) is -0.305. The Kier molecular flexibility index (Phi) is 4.61. The van der Waals surface area contributed by atoms with Gasteiger partial charge < -0.3 is 5.32 Å². The van der Waals surface area contributed by atoms with E-state index in [0.29, 0.717) is 5.88 Å². The first-order valence-electron chi connectivity index (χ1n) is 4.25. The van der Waals surface area contributed by atoms with Crippen molar-refractivity contribution in [3.8, 4) is 0 Å². The molecule has 0 aliphatic heterocycles. The minimum atomic E-state index is -0.305. The number of carbonyl (C=O) groups excluding carboxylic acids is 1. The van der Waals surface area contributed by atoms with E-state index in [1.807, 2.05) is 27.7 Å². The van der Waals surface area contributed by atoms with E-state index in [1.54, 1.807) is 0 Å². The summed E-state index contributed by atoms with van der Waals surface area (Å²) in [6.07, 6.45) is 0.823. The van der Waals surface area contributed by atoms with Gasteiger partial charge in [-0.05, 0) is 13.3 Å². The Hall–Kier alpha value is -0.240. The predicted molar refractivity (Wildman–Crippen MR) is 52.4 cm³/mol. The second kappa shape index (κ2) is 4.70. The summed E-state index contributed by atoms with van der Waals surface area (Å²) >= 11 is 5.54. The number of halogens is 1. The number of rotatable bonds is 3. The molecule has 0 aliphatic carbocycles. The maximum absolute atomic E-state index is 11.4. The molecule has 12 heavy (non-hydrogen) atoms. The Labute approximate surface area is 79.7 Å². The molecule has 0 heterocycles. The third-order valence-electron chi connectivity index (χ3n) is 1.60. The molecule has 0 saturated heterocycles. The minimum absolute atomic E-state index is 0.0834. The smallest absolute Gasteiger partial charge is 0.225 e. The fourth-order valence-corrected chi connectivity index (χ4v) is 1.00. The van der Waals surface area contributed by atoms with Crippen molar-refractivity contribution in [2.24, 2.45) is 5.41 Å². The van der Waals surface area contributed by atoms with Crippen LogP contribution in [0.1, 0.15) is 34.1 Å². The molecule has 0 aromatic carbocycles. The summed E-state index contributed by atoms with van der Waals surface area (Å²) in [5, 5.41) is 2.90. The highest BCUT2D eigenvalue weighted by atomic mass is 35.5. The van der Waals surface area contributed by atoms with E-state index in [1.165, 1.54) is 0 Å². The van der Waals surface area contributed by atoms with Crippen LogP contribution in [-0.4, -0.2) is 17.8 Å². The van der Waals surface area contributed by atoms with Gasteiger partial charge in [-0.3, -0.25) is 4.79 Å². The summed E-state index contributed by atoms with van der Waals surface area (Å²) in [6, 6.07) is 0.175. The Morgan fingerprint density at radius 1 is 1.50 bits per heavy atom. The lowest BCUT2D eigenvalue weighted by Gasteiger charge is -2.21. The summed E-state index contributed by atoms with van der Waals surface area (Å²) in [5.74, 6) is 0.672. The van der Waals surface area contributed by atoms with Gasteiger partial charge in [0.15, 0.2) is 0 Å². The van der Waals surface area contributed by atoms with Gasteiger partial charge in [0.2, 0.25) is 5.91 Å². The number of amides is 1. The van der Waals surface area contributed by atoms with Gasteiger partial charge in [0.05, 0.1) is 0 Å². The second-order valence-electron chi connectivity index (χ2n) is 4.10. The fraction of sp³-hybridized carbons (Fsp3) is 0.889. The molecule has 1 atom stereocenters. The SMILES string of the molecule is CC(CCCl)NC(=O)C(C)(C)C. The van der Waals surface area contributed by atoms with Crippen LogP contribution < -0.4 is 5.32 Å². The van der Waals surface area contributed by atoms with Crippen LogP contribution in [-0.2, 0) is 4.79 Å². The molecule has 0 spiro atoms. The van der Waals surface area contributed by atoms with E-state index in [-0.39, 0.29) is 17.4 Å².